The number of hydrogen-bond donors (Lipinski definition) is 2. The number of nitrogens with one attached hydrogen (secondary N) is 2. The van der Waals surface area contributed by atoms with Gasteiger partial charge in [-0.1, -0.05) is 18.2 Å². The molecule has 0 saturated carbocycles. The van der Waals surface area contributed by atoms with E-state index < -0.39 is 0 Å². The van der Waals surface area contributed by atoms with Gasteiger partial charge in [-0.3, -0.25) is 4.79 Å². The molecule has 5 nitrogen and oxygen atoms in total. The van der Waals surface area contributed by atoms with E-state index >= 15 is 0 Å². The zero-order valence-corrected chi connectivity index (χ0v) is 9.93. The van der Waals surface area contributed by atoms with Crippen LogP contribution >= 0.6 is 0 Å². The predicted molar refractivity (Wildman–Crippen MR) is 69.9 cm³/mol. The molecule has 2 aromatic rings. The van der Waals surface area contributed by atoms with Crippen molar-refractivity contribution in [3.05, 3.63) is 53.1 Å². The molecule has 0 atom stereocenters. The molecule has 0 aliphatic carbocycles. The van der Waals surface area contributed by atoms with Crippen molar-refractivity contribution in [2.75, 3.05) is 18.5 Å². The van der Waals surface area contributed by atoms with Crippen LogP contribution in [-0.4, -0.2) is 23.1 Å². The van der Waals surface area contributed by atoms with Gasteiger partial charge in [0.15, 0.2) is 0 Å². The molecule has 0 saturated heterocycles. The summed E-state index contributed by atoms with van der Waals surface area (Å²) >= 11 is 0. The van der Waals surface area contributed by atoms with Gasteiger partial charge in [-0.2, -0.15) is 0 Å². The number of hydrogen-bond acceptors (Lipinski definition) is 4. The molecule has 0 unspecified atom stereocenters. The molecule has 0 aliphatic heterocycles. The Labute approximate surface area is 105 Å². The average Bonchev–Trinajstić information content (AvgIpc) is 2.40. The summed E-state index contributed by atoms with van der Waals surface area (Å²) in [5, 5.41) is 3.06. The highest BCUT2D eigenvalue weighted by atomic mass is 16.5. The van der Waals surface area contributed by atoms with E-state index in [2.05, 4.69) is 15.3 Å². The van der Waals surface area contributed by atoms with Gasteiger partial charge < -0.3 is 15.0 Å². The Morgan fingerprint density at radius 3 is 2.89 bits per heavy atom. The number of ether oxygens (including phenoxy) is 1. The smallest absolute Gasteiger partial charge is 0.252 e. The maximum atomic E-state index is 11.0. The highest BCUT2D eigenvalue weighted by Gasteiger charge is 1.95. The lowest BCUT2D eigenvalue weighted by Gasteiger charge is -2.07. The molecule has 94 valence electrons. The van der Waals surface area contributed by atoms with Crippen LogP contribution in [0.3, 0.4) is 0 Å². The van der Waals surface area contributed by atoms with Gasteiger partial charge in [0.1, 0.15) is 11.6 Å². The van der Waals surface area contributed by atoms with Gasteiger partial charge in [-0.15, -0.1) is 0 Å². The Morgan fingerprint density at radius 1 is 1.28 bits per heavy atom. The first-order chi connectivity index (χ1) is 8.84. The summed E-state index contributed by atoms with van der Waals surface area (Å²) in [5.74, 6) is 1.45. The number of benzene rings is 1. The maximum Gasteiger partial charge on any atom is 0.252 e. The van der Waals surface area contributed by atoms with Crippen LogP contribution in [0.1, 0.15) is 6.42 Å². The fourth-order valence-electron chi connectivity index (χ4n) is 1.46. The number of nitrogens with zero attached hydrogens (tertiary/aromatic N) is 1. The summed E-state index contributed by atoms with van der Waals surface area (Å²) in [6, 6.07) is 11.1. The van der Waals surface area contributed by atoms with Crippen LogP contribution in [0.25, 0.3) is 0 Å². The first-order valence-corrected chi connectivity index (χ1v) is 5.81. The lowest BCUT2D eigenvalue weighted by Crippen LogP contribution is -2.11. The largest absolute Gasteiger partial charge is 0.494 e. The maximum absolute atomic E-state index is 11.0. The average molecular weight is 245 g/mol. The predicted octanol–water partition coefficient (Wildman–Crippen LogP) is 1.65. The Balaban J connectivity index is 1.66. The van der Waals surface area contributed by atoms with E-state index in [0.29, 0.717) is 19.0 Å². The standard InChI is InChI=1S/C13H15N3O2/c17-13-9-12(15-10-16-13)14-7-4-8-18-11-5-2-1-3-6-11/h1-3,5-6,9-10H,4,7-8H2,(H2,14,15,16,17). The van der Waals surface area contributed by atoms with E-state index in [1.165, 1.54) is 12.4 Å². The monoisotopic (exact) mass is 245 g/mol. The topological polar surface area (TPSA) is 67.0 Å². The summed E-state index contributed by atoms with van der Waals surface area (Å²) in [7, 11) is 0. The van der Waals surface area contributed by atoms with Gasteiger partial charge in [-0.25, -0.2) is 4.98 Å². The van der Waals surface area contributed by atoms with Crippen LogP contribution in [0.2, 0.25) is 0 Å². The Hall–Kier alpha value is -2.30. The van der Waals surface area contributed by atoms with Gasteiger partial charge in [0.2, 0.25) is 0 Å². The van der Waals surface area contributed by atoms with Crippen molar-refractivity contribution in [1.29, 1.82) is 0 Å². The molecule has 18 heavy (non-hydrogen) atoms. The Bertz CT molecular complexity index is 525. The molecule has 0 fully saturated rings. The number of anilines is 1. The van der Waals surface area contributed by atoms with Crippen LogP contribution in [0.4, 0.5) is 5.82 Å². The molecule has 0 bridgehead atoms. The van der Waals surface area contributed by atoms with E-state index in [9.17, 15) is 4.79 Å². The normalized spacial score (nSPS) is 10.0. The molecule has 0 spiro atoms. The summed E-state index contributed by atoms with van der Waals surface area (Å²) in [4.78, 5) is 17.5. The van der Waals surface area contributed by atoms with Crippen molar-refractivity contribution in [2.24, 2.45) is 0 Å². The lowest BCUT2D eigenvalue weighted by atomic mass is 10.3. The zero-order valence-electron chi connectivity index (χ0n) is 9.93. The number of aromatic amines is 1. The van der Waals surface area contributed by atoms with Crippen molar-refractivity contribution in [3.63, 3.8) is 0 Å². The van der Waals surface area contributed by atoms with Crippen LogP contribution in [-0.2, 0) is 0 Å². The minimum absolute atomic E-state index is 0.159. The molecular formula is C13H15N3O2. The van der Waals surface area contributed by atoms with Crippen molar-refractivity contribution >= 4 is 5.82 Å². The third-order valence-corrected chi connectivity index (χ3v) is 2.32. The van der Waals surface area contributed by atoms with Gasteiger partial charge in [0.25, 0.3) is 5.56 Å². The second-order valence-electron chi connectivity index (χ2n) is 3.74. The van der Waals surface area contributed by atoms with Crippen molar-refractivity contribution in [1.82, 2.24) is 9.97 Å². The number of aromatic nitrogens is 2. The van der Waals surface area contributed by atoms with Crippen LogP contribution < -0.4 is 15.6 Å². The summed E-state index contributed by atoms with van der Waals surface area (Å²) in [6.07, 6.45) is 2.22. The fraction of sp³-hybridized carbons (Fsp3) is 0.231. The van der Waals surface area contributed by atoms with Gasteiger partial charge in [-0.05, 0) is 18.6 Å². The van der Waals surface area contributed by atoms with Crippen LogP contribution in [0, 0.1) is 0 Å². The summed E-state index contributed by atoms with van der Waals surface area (Å²) in [6.45, 7) is 1.34. The van der Waals surface area contributed by atoms with Gasteiger partial charge in [0.05, 0.1) is 12.9 Å². The van der Waals surface area contributed by atoms with E-state index in [0.717, 1.165) is 12.2 Å². The lowest BCUT2D eigenvalue weighted by molar-refractivity contribution is 0.315. The molecular weight excluding hydrogens is 230 g/mol. The van der Waals surface area contributed by atoms with Gasteiger partial charge >= 0.3 is 0 Å². The minimum atomic E-state index is -0.159. The minimum Gasteiger partial charge on any atom is -0.494 e. The van der Waals surface area contributed by atoms with E-state index in [1.807, 2.05) is 30.3 Å². The van der Waals surface area contributed by atoms with Gasteiger partial charge in [0, 0.05) is 12.6 Å². The highest BCUT2D eigenvalue weighted by Crippen LogP contribution is 2.08. The number of H-pyrrole nitrogens is 1. The first-order valence-electron chi connectivity index (χ1n) is 5.81. The van der Waals surface area contributed by atoms with Crippen LogP contribution in [0.5, 0.6) is 5.75 Å². The van der Waals surface area contributed by atoms with E-state index in [4.69, 9.17) is 4.74 Å². The second-order valence-corrected chi connectivity index (χ2v) is 3.74. The summed E-state index contributed by atoms with van der Waals surface area (Å²) in [5.41, 5.74) is -0.159. The van der Waals surface area contributed by atoms with Crippen LogP contribution in [0.15, 0.2) is 47.5 Å². The Kier molecular flexibility index (Phi) is 4.35. The molecule has 5 heteroatoms. The molecule has 0 radical (unpaired) electrons. The van der Waals surface area contributed by atoms with E-state index in [1.54, 1.807) is 0 Å². The zero-order chi connectivity index (χ0) is 12.6. The van der Waals surface area contributed by atoms with Crippen molar-refractivity contribution < 1.29 is 4.74 Å². The third kappa shape index (κ3) is 3.93. The summed E-state index contributed by atoms with van der Waals surface area (Å²) < 4.78 is 5.54. The fourth-order valence-corrected chi connectivity index (χ4v) is 1.46. The number of rotatable bonds is 6. The molecule has 2 N–H and O–H groups in total. The highest BCUT2D eigenvalue weighted by molar-refractivity contribution is 5.31. The molecule has 1 heterocycles. The molecule has 0 aliphatic rings. The third-order valence-electron chi connectivity index (χ3n) is 2.32. The molecule has 2 rings (SSSR count). The molecule has 0 amide bonds. The SMILES string of the molecule is O=c1cc(NCCCOc2ccccc2)nc[nH]1. The Morgan fingerprint density at radius 2 is 2.11 bits per heavy atom. The van der Waals surface area contributed by atoms with Crippen molar-refractivity contribution in [2.45, 2.75) is 6.42 Å². The quantitative estimate of drug-likeness (QED) is 0.759. The number of para-hydroxylation sites is 1. The molecule has 1 aromatic carbocycles. The van der Waals surface area contributed by atoms with E-state index in [-0.39, 0.29) is 5.56 Å². The second kappa shape index (κ2) is 6.44. The van der Waals surface area contributed by atoms with Crippen molar-refractivity contribution in [3.8, 4) is 5.75 Å². The first kappa shape index (κ1) is 12.2. The molecule has 1 aromatic heterocycles.